The molecule has 200 valence electrons. The maximum Gasteiger partial charge on any atom is 0.210 e. The van der Waals surface area contributed by atoms with Crippen LogP contribution in [0.3, 0.4) is 0 Å². The van der Waals surface area contributed by atoms with Crippen LogP contribution in [0.2, 0.25) is 0 Å². The van der Waals surface area contributed by atoms with E-state index in [4.69, 9.17) is 0 Å². The van der Waals surface area contributed by atoms with Crippen LogP contribution in [-0.4, -0.2) is 29.8 Å². The Balaban J connectivity index is 0.000000289. The average Bonchev–Trinajstić information content (AvgIpc) is 3.06. The Hall–Kier alpha value is -2.50. The first kappa shape index (κ1) is 29.1. The summed E-state index contributed by atoms with van der Waals surface area (Å²) < 4.78 is 33.8. The van der Waals surface area contributed by atoms with Gasteiger partial charge < -0.3 is 4.55 Å². The van der Waals surface area contributed by atoms with Gasteiger partial charge in [-0.2, -0.15) is 4.58 Å². The summed E-state index contributed by atoms with van der Waals surface area (Å²) in [4.78, 5) is -0.178. The first-order chi connectivity index (χ1) is 17.6. The molecule has 0 fully saturated rings. The van der Waals surface area contributed by atoms with E-state index in [2.05, 4.69) is 68.7 Å². The van der Waals surface area contributed by atoms with E-state index in [1.54, 1.807) is 12.1 Å². The highest BCUT2D eigenvalue weighted by Gasteiger charge is 2.43. The SMILES string of the molecule is CCCCCCCCCC[N+]1=C(C)C(C)(C)c2c1ccc1ccccc21.Cc1ccc(S(=O)(=O)[O-])cc1. The highest BCUT2D eigenvalue weighted by atomic mass is 32.2. The summed E-state index contributed by atoms with van der Waals surface area (Å²) in [7, 11) is -4.27. The standard InChI is InChI=1S/C25H36N.C7H8O3S/c1-5-6-7-8-9-10-11-14-19-26-20(2)25(3,4)24-22-16-13-12-15-21(22)17-18-23(24)26;1-6-2-4-7(5-3-6)11(8,9)10/h12-13,15-18H,5-11,14,19H2,1-4H3;2-5H,1H3,(H,8,9,10)/q+1;/p-1. The molecule has 0 atom stereocenters. The van der Waals surface area contributed by atoms with Crippen molar-refractivity contribution < 1.29 is 17.5 Å². The summed E-state index contributed by atoms with van der Waals surface area (Å²) in [5.74, 6) is 0. The Kier molecular flexibility index (Phi) is 10.1. The lowest BCUT2D eigenvalue weighted by Crippen LogP contribution is -2.26. The van der Waals surface area contributed by atoms with Crippen molar-refractivity contribution in [2.75, 3.05) is 6.54 Å². The molecule has 0 unspecified atom stereocenters. The first-order valence-electron chi connectivity index (χ1n) is 13.7. The van der Waals surface area contributed by atoms with E-state index >= 15 is 0 Å². The van der Waals surface area contributed by atoms with Crippen LogP contribution in [0.1, 0.15) is 90.2 Å². The minimum absolute atomic E-state index is 0.121. The fraction of sp³-hybridized carbons (Fsp3) is 0.469. The predicted octanol–water partition coefficient (Wildman–Crippen LogP) is 8.28. The Labute approximate surface area is 224 Å². The van der Waals surface area contributed by atoms with Crippen molar-refractivity contribution in [1.82, 2.24) is 0 Å². The Bertz CT molecular complexity index is 1320. The third-order valence-corrected chi connectivity index (χ3v) is 8.53. The molecule has 0 aliphatic carbocycles. The maximum absolute atomic E-state index is 10.4. The van der Waals surface area contributed by atoms with Gasteiger partial charge in [0.05, 0.1) is 10.3 Å². The van der Waals surface area contributed by atoms with Gasteiger partial charge in [-0.3, -0.25) is 0 Å². The molecule has 4 nitrogen and oxygen atoms in total. The molecule has 3 aromatic carbocycles. The minimum Gasteiger partial charge on any atom is -0.744 e. The second kappa shape index (κ2) is 12.8. The average molecular weight is 522 g/mol. The number of hydrogen-bond acceptors (Lipinski definition) is 3. The van der Waals surface area contributed by atoms with Crippen LogP contribution in [0.15, 0.2) is 65.6 Å². The van der Waals surface area contributed by atoms with E-state index in [0.29, 0.717) is 0 Å². The normalized spacial score (nSPS) is 14.4. The van der Waals surface area contributed by atoms with Crippen LogP contribution in [-0.2, 0) is 15.5 Å². The van der Waals surface area contributed by atoms with Gasteiger partial charge in [0.2, 0.25) is 5.69 Å². The van der Waals surface area contributed by atoms with E-state index in [-0.39, 0.29) is 10.3 Å². The van der Waals surface area contributed by atoms with Gasteiger partial charge in [0.25, 0.3) is 0 Å². The van der Waals surface area contributed by atoms with Gasteiger partial charge in [-0.25, -0.2) is 8.42 Å². The van der Waals surface area contributed by atoms with Crippen LogP contribution in [0.4, 0.5) is 5.69 Å². The Morgan fingerprint density at radius 2 is 1.38 bits per heavy atom. The van der Waals surface area contributed by atoms with E-state index in [1.807, 2.05) is 6.92 Å². The molecule has 0 bridgehead atoms. The molecule has 0 saturated heterocycles. The molecule has 5 heteroatoms. The topological polar surface area (TPSA) is 60.2 Å². The summed E-state index contributed by atoms with van der Waals surface area (Å²) in [6.07, 6.45) is 11.1. The van der Waals surface area contributed by atoms with Gasteiger partial charge in [0.15, 0.2) is 5.71 Å². The number of hydrogen-bond donors (Lipinski definition) is 0. The number of fused-ring (bicyclic) bond motifs is 3. The van der Waals surface area contributed by atoms with E-state index in [0.717, 1.165) is 12.1 Å². The van der Waals surface area contributed by atoms with Gasteiger partial charge in [-0.1, -0.05) is 87.4 Å². The van der Waals surface area contributed by atoms with Crippen LogP contribution in [0.5, 0.6) is 0 Å². The van der Waals surface area contributed by atoms with Crippen molar-refractivity contribution in [3.05, 3.63) is 71.8 Å². The molecule has 0 saturated carbocycles. The molecule has 37 heavy (non-hydrogen) atoms. The van der Waals surface area contributed by atoms with Crippen LogP contribution >= 0.6 is 0 Å². The molecule has 1 heterocycles. The van der Waals surface area contributed by atoms with Crippen molar-refractivity contribution in [3.8, 4) is 0 Å². The molecule has 3 aromatic rings. The molecule has 1 aliphatic heterocycles. The highest BCUT2D eigenvalue weighted by molar-refractivity contribution is 7.85. The fourth-order valence-corrected chi connectivity index (χ4v) is 5.71. The molecule has 0 spiro atoms. The van der Waals surface area contributed by atoms with Crippen LogP contribution in [0.25, 0.3) is 10.8 Å². The third kappa shape index (κ3) is 7.30. The highest BCUT2D eigenvalue weighted by Crippen LogP contribution is 2.43. The zero-order chi connectivity index (χ0) is 27.1. The van der Waals surface area contributed by atoms with Crippen LogP contribution < -0.4 is 0 Å². The number of unbranched alkanes of at least 4 members (excludes halogenated alkanes) is 7. The minimum atomic E-state index is -4.27. The van der Waals surface area contributed by atoms with Gasteiger partial charge in [-0.15, -0.1) is 0 Å². The second-order valence-corrected chi connectivity index (χ2v) is 12.2. The van der Waals surface area contributed by atoms with Crippen molar-refractivity contribution in [3.63, 3.8) is 0 Å². The van der Waals surface area contributed by atoms with Crippen molar-refractivity contribution in [2.24, 2.45) is 0 Å². The van der Waals surface area contributed by atoms with Gasteiger partial charge in [0.1, 0.15) is 16.7 Å². The van der Waals surface area contributed by atoms with Crippen molar-refractivity contribution in [1.29, 1.82) is 0 Å². The number of rotatable bonds is 10. The predicted molar refractivity (Wildman–Crippen MR) is 154 cm³/mol. The van der Waals surface area contributed by atoms with Crippen LogP contribution in [0, 0.1) is 6.92 Å². The van der Waals surface area contributed by atoms with Gasteiger partial charge >= 0.3 is 0 Å². The summed E-state index contributed by atoms with van der Waals surface area (Å²) in [6.45, 7) is 12.4. The molecule has 4 rings (SSSR count). The van der Waals surface area contributed by atoms with E-state index in [9.17, 15) is 13.0 Å². The van der Waals surface area contributed by atoms with Gasteiger partial charge in [0, 0.05) is 25.0 Å². The molecule has 0 radical (unpaired) electrons. The first-order valence-corrected chi connectivity index (χ1v) is 15.1. The smallest absolute Gasteiger partial charge is 0.210 e. The lowest BCUT2D eigenvalue weighted by atomic mass is 9.80. The van der Waals surface area contributed by atoms with Crippen molar-refractivity contribution in [2.45, 2.75) is 96.3 Å². The number of nitrogens with zero attached hydrogens (tertiary/aromatic N) is 1. The number of aryl methyl sites for hydroxylation is 1. The molecule has 0 amide bonds. The molecular formula is C32H43NO3S. The third-order valence-electron chi connectivity index (χ3n) is 7.68. The van der Waals surface area contributed by atoms with E-state index in [1.165, 1.54) is 91.2 Å². The maximum atomic E-state index is 10.4. The Morgan fingerprint density at radius 1 is 0.784 bits per heavy atom. The summed E-state index contributed by atoms with van der Waals surface area (Å²) in [5, 5.41) is 2.79. The monoisotopic (exact) mass is 521 g/mol. The zero-order valence-corrected chi connectivity index (χ0v) is 24.0. The molecular weight excluding hydrogens is 478 g/mol. The lowest BCUT2D eigenvalue weighted by Gasteiger charge is -2.17. The zero-order valence-electron chi connectivity index (χ0n) is 23.2. The quantitative estimate of drug-likeness (QED) is 0.153. The molecule has 0 aromatic heterocycles. The van der Waals surface area contributed by atoms with Crippen molar-refractivity contribution >= 4 is 32.3 Å². The fourth-order valence-electron chi connectivity index (χ4n) is 5.24. The summed E-state index contributed by atoms with van der Waals surface area (Å²) >= 11 is 0. The summed E-state index contributed by atoms with van der Waals surface area (Å²) in [6, 6.07) is 19.3. The second-order valence-electron chi connectivity index (χ2n) is 10.8. The summed E-state index contributed by atoms with van der Waals surface area (Å²) in [5.41, 5.74) is 5.52. The molecule has 0 N–H and O–H groups in total. The van der Waals surface area contributed by atoms with E-state index < -0.39 is 10.1 Å². The lowest BCUT2D eigenvalue weighted by molar-refractivity contribution is -0.439. The number of benzene rings is 3. The largest absolute Gasteiger partial charge is 0.744 e. The van der Waals surface area contributed by atoms with Gasteiger partial charge in [-0.05, 0) is 56.2 Å². The molecule has 1 aliphatic rings. The Morgan fingerprint density at radius 3 is 2.00 bits per heavy atom.